The molecular formula is C26H22ClFN2O3. The number of carbonyl (C=O) groups is 2. The van der Waals surface area contributed by atoms with Crippen LogP contribution in [0.2, 0.25) is 5.02 Å². The number of nitrogens with zero attached hydrogens (tertiary/aromatic N) is 1. The highest BCUT2D eigenvalue weighted by Gasteiger charge is 2.39. The van der Waals surface area contributed by atoms with Crippen molar-refractivity contribution in [1.29, 1.82) is 0 Å². The lowest BCUT2D eigenvalue weighted by molar-refractivity contribution is -0.136. The zero-order valence-electron chi connectivity index (χ0n) is 18.0. The van der Waals surface area contributed by atoms with Crippen LogP contribution >= 0.6 is 11.6 Å². The van der Waals surface area contributed by atoms with Crippen molar-refractivity contribution < 1.29 is 18.7 Å². The molecule has 0 saturated carbocycles. The Balaban J connectivity index is 1.67. The van der Waals surface area contributed by atoms with Gasteiger partial charge in [0.15, 0.2) is 0 Å². The molecule has 0 atom stereocenters. The van der Waals surface area contributed by atoms with Crippen molar-refractivity contribution in [3.05, 3.63) is 100 Å². The Hall–Kier alpha value is -3.64. The van der Waals surface area contributed by atoms with Gasteiger partial charge in [-0.3, -0.25) is 14.5 Å². The summed E-state index contributed by atoms with van der Waals surface area (Å²) in [7, 11) is 0. The third-order valence-corrected chi connectivity index (χ3v) is 5.54. The SMILES string of the molecule is CCOc1ccccc1NC1=C(c2ccc(F)cc2)C(=O)N(CCc2ccc(Cl)cc2)C1=O. The van der Waals surface area contributed by atoms with Gasteiger partial charge >= 0.3 is 0 Å². The molecule has 3 aromatic rings. The van der Waals surface area contributed by atoms with Gasteiger partial charge in [0.2, 0.25) is 0 Å². The molecule has 0 radical (unpaired) electrons. The topological polar surface area (TPSA) is 58.6 Å². The number of amides is 2. The predicted octanol–water partition coefficient (Wildman–Crippen LogP) is 5.31. The van der Waals surface area contributed by atoms with E-state index in [-0.39, 0.29) is 17.8 Å². The van der Waals surface area contributed by atoms with Gasteiger partial charge in [-0.2, -0.15) is 0 Å². The molecule has 0 aromatic heterocycles. The number of halogens is 2. The largest absolute Gasteiger partial charge is 0.492 e. The smallest absolute Gasteiger partial charge is 0.278 e. The predicted molar refractivity (Wildman–Crippen MR) is 126 cm³/mol. The molecule has 0 saturated heterocycles. The number of nitrogens with one attached hydrogen (secondary N) is 1. The number of hydrogen-bond acceptors (Lipinski definition) is 4. The quantitative estimate of drug-likeness (QED) is 0.459. The minimum Gasteiger partial charge on any atom is -0.492 e. The minimum atomic E-state index is -0.445. The lowest BCUT2D eigenvalue weighted by atomic mass is 10.0. The Morgan fingerprint density at radius 3 is 2.33 bits per heavy atom. The molecule has 1 heterocycles. The third kappa shape index (κ3) is 4.91. The molecule has 0 unspecified atom stereocenters. The fraction of sp³-hybridized carbons (Fsp3) is 0.154. The van der Waals surface area contributed by atoms with Crippen molar-refractivity contribution in [1.82, 2.24) is 4.90 Å². The summed E-state index contributed by atoms with van der Waals surface area (Å²) in [6.07, 6.45) is 0.480. The van der Waals surface area contributed by atoms with Gasteiger partial charge in [0.1, 0.15) is 17.3 Å². The van der Waals surface area contributed by atoms with Crippen molar-refractivity contribution in [3.8, 4) is 5.75 Å². The van der Waals surface area contributed by atoms with Gasteiger partial charge in [-0.1, -0.05) is 48.0 Å². The Morgan fingerprint density at radius 2 is 1.64 bits per heavy atom. The number of anilines is 1. The fourth-order valence-corrected chi connectivity index (χ4v) is 3.78. The summed E-state index contributed by atoms with van der Waals surface area (Å²) in [5.74, 6) is -0.741. The number of hydrogen-bond donors (Lipinski definition) is 1. The van der Waals surface area contributed by atoms with Crippen LogP contribution in [0.4, 0.5) is 10.1 Å². The van der Waals surface area contributed by atoms with Crippen LogP contribution < -0.4 is 10.1 Å². The van der Waals surface area contributed by atoms with E-state index < -0.39 is 17.6 Å². The van der Waals surface area contributed by atoms with E-state index in [0.717, 1.165) is 5.56 Å². The van der Waals surface area contributed by atoms with Crippen LogP contribution in [0.25, 0.3) is 5.57 Å². The number of rotatable bonds is 8. The Morgan fingerprint density at radius 1 is 0.939 bits per heavy atom. The van der Waals surface area contributed by atoms with E-state index >= 15 is 0 Å². The van der Waals surface area contributed by atoms with Gasteiger partial charge in [0, 0.05) is 11.6 Å². The van der Waals surface area contributed by atoms with Gasteiger partial charge in [0.05, 0.1) is 17.9 Å². The molecular weight excluding hydrogens is 443 g/mol. The van der Waals surface area contributed by atoms with E-state index in [1.54, 1.807) is 24.3 Å². The van der Waals surface area contributed by atoms with Gasteiger partial charge < -0.3 is 10.1 Å². The monoisotopic (exact) mass is 464 g/mol. The summed E-state index contributed by atoms with van der Waals surface area (Å²) in [5, 5.41) is 3.72. The van der Waals surface area contributed by atoms with Gasteiger partial charge in [-0.25, -0.2) is 4.39 Å². The number of benzene rings is 3. The standard InChI is InChI=1S/C26H22ClFN2O3/c1-2-33-22-6-4-3-5-21(22)29-24-23(18-9-13-20(28)14-10-18)25(31)30(26(24)32)16-15-17-7-11-19(27)12-8-17/h3-14,29H,2,15-16H2,1H3. The lowest BCUT2D eigenvalue weighted by Crippen LogP contribution is -2.34. The Kier molecular flexibility index (Phi) is 6.75. The van der Waals surface area contributed by atoms with Crippen LogP contribution in [-0.2, 0) is 16.0 Å². The molecule has 7 heteroatoms. The second kappa shape index (κ2) is 9.88. The van der Waals surface area contributed by atoms with Crippen molar-refractivity contribution in [2.75, 3.05) is 18.5 Å². The molecule has 168 valence electrons. The maximum absolute atomic E-state index is 13.5. The minimum absolute atomic E-state index is 0.134. The highest BCUT2D eigenvalue weighted by Crippen LogP contribution is 2.33. The zero-order chi connectivity index (χ0) is 23.4. The lowest BCUT2D eigenvalue weighted by Gasteiger charge is -2.16. The first kappa shape index (κ1) is 22.6. The molecule has 4 rings (SSSR count). The van der Waals surface area contributed by atoms with Crippen molar-refractivity contribution in [3.63, 3.8) is 0 Å². The molecule has 1 aliphatic heterocycles. The summed E-state index contributed by atoms with van der Waals surface area (Å²) >= 11 is 5.94. The summed E-state index contributed by atoms with van der Waals surface area (Å²) in [5.41, 5.74) is 2.30. The molecule has 0 spiro atoms. The van der Waals surface area contributed by atoms with Crippen molar-refractivity contribution >= 4 is 34.7 Å². The van der Waals surface area contributed by atoms with Crippen molar-refractivity contribution in [2.45, 2.75) is 13.3 Å². The molecule has 0 bridgehead atoms. The van der Waals surface area contributed by atoms with Crippen LogP contribution in [0, 0.1) is 5.82 Å². The molecule has 0 fully saturated rings. The molecule has 5 nitrogen and oxygen atoms in total. The number of imide groups is 1. The summed E-state index contributed by atoms with van der Waals surface area (Å²) < 4.78 is 19.2. The van der Waals surface area contributed by atoms with E-state index in [2.05, 4.69) is 5.32 Å². The fourth-order valence-electron chi connectivity index (χ4n) is 3.66. The molecule has 2 amide bonds. The maximum atomic E-state index is 13.5. The zero-order valence-corrected chi connectivity index (χ0v) is 18.7. The van der Waals surface area contributed by atoms with Crippen LogP contribution in [0.3, 0.4) is 0 Å². The molecule has 0 aliphatic carbocycles. The van der Waals surface area contributed by atoms with Gasteiger partial charge in [-0.05, 0) is 60.9 Å². The van der Waals surface area contributed by atoms with Crippen LogP contribution in [0.15, 0.2) is 78.5 Å². The first-order valence-corrected chi connectivity index (χ1v) is 11.0. The number of carbonyl (C=O) groups excluding carboxylic acids is 2. The normalized spacial score (nSPS) is 13.6. The van der Waals surface area contributed by atoms with Crippen molar-refractivity contribution in [2.24, 2.45) is 0 Å². The third-order valence-electron chi connectivity index (χ3n) is 5.28. The van der Waals surface area contributed by atoms with Gasteiger partial charge in [0.25, 0.3) is 11.8 Å². The second-order valence-electron chi connectivity index (χ2n) is 7.45. The second-order valence-corrected chi connectivity index (χ2v) is 7.89. The van der Waals surface area contributed by atoms with Crippen LogP contribution in [0.5, 0.6) is 5.75 Å². The molecule has 33 heavy (non-hydrogen) atoms. The summed E-state index contributed by atoms with van der Waals surface area (Å²) in [6.45, 7) is 2.51. The molecule has 3 aromatic carbocycles. The Bertz CT molecular complexity index is 1210. The Labute approximate surface area is 196 Å². The highest BCUT2D eigenvalue weighted by molar-refractivity contribution is 6.36. The number of ether oxygens (including phenoxy) is 1. The number of para-hydroxylation sites is 2. The first-order valence-electron chi connectivity index (χ1n) is 10.6. The summed E-state index contributed by atoms with van der Waals surface area (Å²) in [6, 6.07) is 20.0. The highest BCUT2D eigenvalue weighted by atomic mass is 35.5. The van der Waals surface area contributed by atoms with Gasteiger partial charge in [-0.15, -0.1) is 0 Å². The van der Waals surface area contributed by atoms with E-state index in [1.165, 1.54) is 29.2 Å². The average molecular weight is 465 g/mol. The summed E-state index contributed by atoms with van der Waals surface area (Å²) in [4.78, 5) is 27.9. The van der Waals surface area contributed by atoms with E-state index in [0.29, 0.717) is 35.1 Å². The van der Waals surface area contributed by atoms with Crippen LogP contribution in [-0.4, -0.2) is 29.9 Å². The van der Waals surface area contributed by atoms with E-state index in [4.69, 9.17) is 16.3 Å². The van der Waals surface area contributed by atoms with Crippen LogP contribution in [0.1, 0.15) is 18.1 Å². The molecule has 1 N–H and O–H groups in total. The van der Waals surface area contributed by atoms with E-state index in [1.807, 2.05) is 31.2 Å². The molecule has 1 aliphatic rings. The van der Waals surface area contributed by atoms with E-state index in [9.17, 15) is 14.0 Å². The first-order chi connectivity index (χ1) is 16.0. The average Bonchev–Trinajstić information content (AvgIpc) is 3.04. The maximum Gasteiger partial charge on any atom is 0.278 e.